The van der Waals surface area contributed by atoms with Crippen LogP contribution < -0.4 is 0 Å². The van der Waals surface area contributed by atoms with Gasteiger partial charge in [-0.3, -0.25) is 0 Å². The molecule has 1 aliphatic rings. The van der Waals surface area contributed by atoms with E-state index in [0.717, 1.165) is 24.3 Å². The highest BCUT2D eigenvalue weighted by atomic mass is 15.0. The van der Waals surface area contributed by atoms with Gasteiger partial charge in [0.1, 0.15) is 0 Å². The third kappa shape index (κ3) is 2.90. The van der Waals surface area contributed by atoms with Crippen molar-refractivity contribution in [2.45, 2.75) is 32.6 Å². The Hall–Kier alpha value is -2.34. The summed E-state index contributed by atoms with van der Waals surface area (Å²) in [6, 6.07) is 10.0. The Kier molecular flexibility index (Phi) is 3.87. The molecule has 0 atom stereocenters. The Labute approximate surface area is 125 Å². The van der Waals surface area contributed by atoms with E-state index in [2.05, 4.69) is 22.5 Å². The standard InChI is InChI=1S/C18H19N3/c1-14-2-6-16(7-3-14)18(21-11-10-20-13-21)17-8-4-15(12-19)5-9-17/h4-5,8-11,13-14H,2-3,6-7H2,1H3. The zero-order chi connectivity index (χ0) is 14.7. The highest BCUT2D eigenvalue weighted by molar-refractivity contribution is 5.69. The van der Waals surface area contributed by atoms with Gasteiger partial charge in [0, 0.05) is 12.4 Å². The first kappa shape index (κ1) is 13.6. The molecule has 0 bridgehead atoms. The molecule has 0 N–H and O–H groups in total. The molecule has 0 saturated heterocycles. The summed E-state index contributed by atoms with van der Waals surface area (Å²) < 4.78 is 2.10. The summed E-state index contributed by atoms with van der Waals surface area (Å²) in [6.45, 7) is 2.33. The van der Waals surface area contributed by atoms with Gasteiger partial charge in [-0.05, 0) is 54.9 Å². The molecule has 1 heterocycles. The van der Waals surface area contributed by atoms with Gasteiger partial charge in [-0.25, -0.2) is 4.98 Å². The van der Waals surface area contributed by atoms with E-state index in [1.165, 1.54) is 24.1 Å². The van der Waals surface area contributed by atoms with E-state index < -0.39 is 0 Å². The Balaban J connectivity index is 2.04. The Morgan fingerprint density at radius 3 is 2.52 bits per heavy atom. The van der Waals surface area contributed by atoms with Crippen LogP contribution in [0.2, 0.25) is 0 Å². The fraction of sp³-hybridized carbons (Fsp3) is 0.333. The normalized spacial score (nSPS) is 18.3. The number of nitriles is 1. The number of rotatable bonds is 2. The second-order valence-electron chi connectivity index (χ2n) is 5.79. The second-order valence-corrected chi connectivity index (χ2v) is 5.79. The van der Waals surface area contributed by atoms with Gasteiger partial charge >= 0.3 is 0 Å². The van der Waals surface area contributed by atoms with Gasteiger partial charge in [-0.15, -0.1) is 0 Å². The van der Waals surface area contributed by atoms with Crippen LogP contribution in [0.4, 0.5) is 0 Å². The number of aromatic nitrogens is 2. The molecule has 1 saturated carbocycles. The average Bonchev–Trinajstić information content (AvgIpc) is 3.04. The topological polar surface area (TPSA) is 41.6 Å². The van der Waals surface area contributed by atoms with Crippen LogP contribution in [0.1, 0.15) is 43.7 Å². The van der Waals surface area contributed by atoms with Crippen LogP contribution in [-0.4, -0.2) is 9.55 Å². The molecule has 0 aliphatic heterocycles. The number of hydrogen-bond acceptors (Lipinski definition) is 2. The summed E-state index contributed by atoms with van der Waals surface area (Å²) in [6.07, 6.45) is 10.5. The monoisotopic (exact) mass is 277 g/mol. The maximum absolute atomic E-state index is 8.95. The highest BCUT2D eigenvalue weighted by Gasteiger charge is 2.18. The molecular formula is C18H19N3. The first-order valence-corrected chi connectivity index (χ1v) is 7.49. The SMILES string of the molecule is CC1CCC(=C(c2ccc(C#N)cc2)n2ccnc2)CC1. The van der Waals surface area contributed by atoms with Crippen LogP contribution in [-0.2, 0) is 0 Å². The lowest BCUT2D eigenvalue weighted by Crippen LogP contribution is -2.09. The zero-order valence-electron chi connectivity index (χ0n) is 12.3. The van der Waals surface area contributed by atoms with Crippen molar-refractivity contribution in [1.29, 1.82) is 5.26 Å². The fourth-order valence-electron chi connectivity index (χ4n) is 2.98. The quantitative estimate of drug-likeness (QED) is 0.824. The van der Waals surface area contributed by atoms with Gasteiger partial charge in [0.2, 0.25) is 0 Å². The lowest BCUT2D eigenvalue weighted by atomic mass is 9.85. The van der Waals surface area contributed by atoms with Crippen molar-refractivity contribution in [3.63, 3.8) is 0 Å². The van der Waals surface area contributed by atoms with Gasteiger partial charge in [-0.2, -0.15) is 5.26 Å². The summed E-state index contributed by atoms with van der Waals surface area (Å²) in [5.41, 5.74) is 4.60. The van der Waals surface area contributed by atoms with Crippen LogP contribution in [0.3, 0.4) is 0 Å². The van der Waals surface area contributed by atoms with Gasteiger partial charge < -0.3 is 4.57 Å². The van der Waals surface area contributed by atoms with E-state index in [-0.39, 0.29) is 0 Å². The lowest BCUT2D eigenvalue weighted by molar-refractivity contribution is 0.444. The van der Waals surface area contributed by atoms with Crippen molar-refractivity contribution in [2.24, 2.45) is 5.92 Å². The van der Waals surface area contributed by atoms with Crippen molar-refractivity contribution < 1.29 is 0 Å². The van der Waals surface area contributed by atoms with E-state index in [0.29, 0.717) is 5.56 Å². The van der Waals surface area contributed by atoms with Crippen molar-refractivity contribution >= 4 is 5.70 Å². The number of hydrogen-bond donors (Lipinski definition) is 0. The third-order valence-electron chi connectivity index (χ3n) is 4.26. The van der Waals surface area contributed by atoms with Crippen molar-refractivity contribution in [3.8, 4) is 6.07 Å². The average molecular weight is 277 g/mol. The van der Waals surface area contributed by atoms with E-state index >= 15 is 0 Å². The molecule has 1 aliphatic carbocycles. The van der Waals surface area contributed by atoms with Gasteiger partial charge in [0.05, 0.1) is 23.7 Å². The smallest absolute Gasteiger partial charge is 0.0991 e. The maximum Gasteiger partial charge on any atom is 0.0991 e. The third-order valence-corrected chi connectivity index (χ3v) is 4.26. The summed E-state index contributed by atoms with van der Waals surface area (Å²) in [5.74, 6) is 0.818. The zero-order valence-corrected chi connectivity index (χ0v) is 12.3. The molecule has 0 radical (unpaired) electrons. The van der Waals surface area contributed by atoms with Crippen molar-refractivity contribution in [3.05, 3.63) is 59.7 Å². The van der Waals surface area contributed by atoms with E-state index in [1.54, 1.807) is 0 Å². The van der Waals surface area contributed by atoms with E-state index in [1.807, 2.05) is 43.0 Å². The molecule has 0 spiro atoms. The Morgan fingerprint density at radius 2 is 1.95 bits per heavy atom. The summed E-state index contributed by atoms with van der Waals surface area (Å²) in [4.78, 5) is 4.19. The van der Waals surface area contributed by atoms with Crippen LogP contribution >= 0.6 is 0 Å². The molecule has 21 heavy (non-hydrogen) atoms. The largest absolute Gasteiger partial charge is 0.306 e. The molecule has 2 aromatic rings. The fourth-order valence-corrected chi connectivity index (χ4v) is 2.98. The van der Waals surface area contributed by atoms with Gasteiger partial charge in [0.15, 0.2) is 0 Å². The number of allylic oxidation sites excluding steroid dienone is 1. The minimum Gasteiger partial charge on any atom is -0.306 e. The Bertz CT molecular complexity index is 662. The first-order chi connectivity index (χ1) is 10.3. The lowest BCUT2D eigenvalue weighted by Gasteiger charge is -2.24. The predicted molar refractivity (Wildman–Crippen MR) is 83.3 cm³/mol. The molecule has 1 aromatic carbocycles. The molecule has 0 amide bonds. The minimum atomic E-state index is 0.700. The molecule has 1 fully saturated rings. The molecule has 3 rings (SSSR count). The molecular weight excluding hydrogens is 258 g/mol. The van der Waals surface area contributed by atoms with Crippen LogP contribution in [0.25, 0.3) is 5.70 Å². The first-order valence-electron chi connectivity index (χ1n) is 7.49. The van der Waals surface area contributed by atoms with E-state index in [4.69, 9.17) is 5.26 Å². The second kappa shape index (κ2) is 5.97. The van der Waals surface area contributed by atoms with Crippen LogP contribution in [0.15, 0.2) is 48.6 Å². The number of imidazole rings is 1. The predicted octanol–water partition coefficient (Wildman–Crippen LogP) is 4.22. The van der Waals surface area contributed by atoms with Gasteiger partial charge in [0.25, 0.3) is 0 Å². The molecule has 3 heteroatoms. The van der Waals surface area contributed by atoms with Crippen molar-refractivity contribution in [1.82, 2.24) is 9.55 Å². The van der Waals surface area contributed by atoms with Crippen LogP contribution in [0.5, 0.6) is 0 Å². The number of benzene rings is 1. The maximum atomic E-state index is 8.95. The molecule has 106 valence electrons. The Morgan fingerprint density at radius 1 is 1.24 bits per heavy atom. The molecule has 3 nitrogen and oxygen atoms in total. The molecule has 1 aromatic heterocycles. The number of nitrogens with zero attached hydrogens (tertiary/aromatic N) is 3. The summed E-state index contributed by atoms with van der Waals surface area (Å²) in [7, 11) is 0. The summed E-state index contributed by atoms with van der Waals surface area (Å²) in [5, 5.41) is 8.95. The van der Waals surface area contributed by atoms with E-state index in [9.17, 15) is 0 Å². The highest BCUT2D eigenvalue weighted by Crippen LogP contribution is 2.34. The summed E-state index contributed by atoms with van der Waals surface area (Å²) >= 11 is 0. The van der Waals surface area contributed by atoms with Crippen LogP contribution in [0, 0.1) is 17.2 Å². The molecule has 0 unspecified atom stereocenters. The minimum absolute atomic E-state index is 0.700. The van der Waals surface area contributed by atoms with Gasteiger partial charge in [-0.1, -0.05) is 19.1 Å². The van der Waals surface area contributed by atoms with Crippen molar-refractivity contribution in [2.75, 3.05) is 0 Å².